The molecule has 0 aliphatic heterocycles. The van der Waals surface area contributed by atoms with E-state index >= 15 is 0 Å². The molecule has 0 amide bonds. The Morgan fingerprint density at radius 3 is 2.57 bits per heavy atom. The van der Waals surface area contributed by atoms with Crippen LogP contribution in [0.2, 0.25) is 0 Å². The highest BCUT2D eigenvalue weighted by Gasteiger charge is 1.92. The van der Waals surface area contributed by atoms with Crippen molar-refractivity contribution in [3.8, 4) is 0 Å². The van der Waals surface area contributed by atoms with Gasteiger partial charge in [0.05, 0.1) is 6.61 Å². The van der Waals surface area contributed by atoms with E-state index < -0.39 is 0 Å². The molecule has 0 aromatic heterocycles. The normalized spacial score (nSPS) is 11.5. The van der Waals surface area contributed by atoms with Crippen LogP contribution in [0.25, 0.3) is 0 Å². The second-order valence-corrected chi connectivity index (χ2v) is 3.64. The summed E-state index contributed by atoms with van der Waals surface area (Å²) in [5.74, 6) is -0.178. The summed E-state index contributed by atoms with van der Waals surface area (Å²) in [7, 11) is 0. The summed E-state index contributed by atoms with van der Waals surface area (Å²) in [6.07, 6.45) is 7.88. The van der Waals surface area contributed by atoms with E-state index in [-0.39, 0.29) is 5.97 Å². The van der Waals surface area contributed by atoms with Gasteiger partial charge in [-0.15, -0.1) is 0 Å². The predicted molar refractivity (Wildman–Crippen MR) is 59.1 cm³/mol. The minimum absolute atomic E-state index is 0.178. The molecular weight excluding hydrogens is 176 g/mol. The number of esters is 1. The first-order chi connectivity index (χ1) is 6.66. The summed E-state index contributed by atoms with van der Waals surface area (Å²) < 4.78 is 4.84. The number of carbonyl (C=O) groups is 1. The van der Waals surface area contributed by atoms with Crippen LogP contribution in [-0.4, -0.2) is 12.6 Å². The maximum absolute atomic E-state index is 10.4. The van der Waals surface area contributed by atoms with Gasteiger partial charge < -0.3 is 4.74 Å². The van der Waals surface area contributed by atoms with Gasteiger partial charge in [-0.3, -0.25) is 4.79 Å². The summed E-state index contributed by atoms with van der Waals surface area (Å²) in [6.45, 7) is 6.38. The van der Waals surface area contributed by atoms with Crippen molar-refractivity contribution in [2.75, 3.05) is 6.61 Å². The van der Waals surface area contributed by atoms with Crippen molar-refractivity contribution in [1.29, 1.82) is 0 Å². The molecule has 0 aliphatic rings. The predicted octanol–water partition coefficient (Wildman–Crippen LogP) is 3.47. The van der Waals surface area contributed by atoms with Gasteiger partial charge >= 0.3 is 5.97 Å². The van der Waals surface area contributed by atoms with Gasteiger partial charge in [0.15, 0.2) is 0 Å². The molecule has 0 unspecified atom stereocenters. The van der Waals surface area contributed by atoms with Crippen molar-refractivity contribution in [3.05, 3.63) is 11.6 Å². The molecule has 0 saturated heterocycles. The molecule has 2 nitrogen and oxygen atoms in total. The number of hydrogen-bond acceptors (Lipinski definition) is 2. The number of allylic oxidation sites excluding steroid dienone is 2. The fourth-order valence-corrected chi connectivity index (χ4v) is 1.31. The lowest BCUT2D eigenvalue weighted by molar-refractivity contribution is -0.141. The van der Waals surface area contributed by atoms with Crippen LogP contribution in [0, 0.1) is 0 Å². The number of carbonyl (C=O) groups excluding carboxylic acids is 1. The molecule has 0 aromatic rings. The van der Waals surface area contributed by atoms with Gasteiger partial charge in [0.25, 0.3) is 0 Å². The standard InChI is InChI=1S/C12H22O2/c1-4-8-11(2)9-6-5-7-10-14-12(3)13/h9H,4-8,10H2,1-3H3. The topological polar surface area (TPSA) is 26.3 Å². The lowest BCUT2D eigenvalue weighted by atomic mass is 10.1. The SMILES string of the molecule is CCCC(C)=CCCCCOC(C)=O. The fourth-order valence-electron chi connectivity index (χ4n) is 1.31. The van der Waals surface area contributed by atoms with Crippen molar-refractivity contribution in [2.24, 2.45) is 0 Å². The van der Waals surface area contributed by atoms with Gasteiger partial charge in [0.2, 0.25) is 0 Å². The van der Waals surface area contributed by atoms with E-state index in [1.807, 2.05) is 0 Å². The van der Waals surface area contributed by atoms with Gasteiger partial charge in [-0.25, -0.2) is 0 Å². The van der Waals surface area contributed by atoms with E-state index in [1.165, 1.54) is 25.3 Å². The Morgan fingerprint density at radius 2 is 2.00 bits per heavy atom. The zero-order valence-electron chi connectivity index (χ0n) is 9.64. The average molecular weight is 198 g/mol. The molecule has 82 valence electrons. The summed E-state index contributed by atoms with van der Waals surface area (Å²) >= 11 is 0. The minimum Gasteiger partial charge on any atom is -0.466 e. The van der Waals surface area contributed by atoms with Crippen LogP contribution in [0.15, 0.2) is 11.6 Å². The Kier molecular flexibility index (Phi) is 8.30. The average Bonchev–Trinajstić information content (AvgIpc) is 2.11. The van der Waals surface area contributed by atoms with Gasteiger partial charge in [0, 0.05) is 6.92 Å². The van der Waals surface area contributed by atoms with Crippen LogP contribution >= 0.6 is 0 Å². The molecule has 0 aliphatic carbocycles. The van der Waals surface area contributed by atoms with Crippen molar-refractivity contribution >= 4 is 5.97 Å². The number of unbranched alkanes of at least 4 members (excludes halogenated alkanes) is 2. The van der Waals surface area contributed by atoms with Crippen LogP contribution in [0.4, 0.5) is 0 Å². The highest BCUT2D eigenvalue weighted by atomic mass is 16.5. The van der Waals surface area contributed by atoms with Crippen molar-refractivity contribution in [2.45, 2.75) is 52.9 Å². The molecular formula is C12H22O2. The molecule has 0 aromatic carbocycles. The van der Waals surface area contributed by atoms with Crippen LogP contribution in [0.3, 0.4) is 0 Å². The zero-order valence-corrected chi connectivity index (χ0v) is 9.64. The Labute approximate surface area is 87.3 Å². The molecule has 0 fully saturated rings. The molecule has 0 rings (SSSR count). The lowest BCUT2D eigenvalue weighted by Crippen LogP contribution is -1.99. The molecule has 0 atom stereocenters. The zero-order chi connectivity index (χ0) is 10.8. The van der Waals surface area contributed by atoms with E-state index in [4.69, 9.17) is 4.74 Å². The molecule has 0 radical (unpaired) electrons. The highest BCUT2D eigenvalue weighted by molar-refractivity contribution is 5.65. The number of ether oxygens (including phenoxy) is 1. The molecule has 0 bridgehead atoms. The molecule has 2 heteroatoms. The maximum atomic E-state index is 10.4. The smallest absolute Gasteiger partial charge is 0.302 e. The third-order valence-corrected chi connectivity index (χ3v) is 2.04. The van der Waals surface area contributed by atoms with Crippen LogP contribution < -0.4 is 0 Å². The van der Waals surface area contributed by atoms with Gasteiger partial charge in [-0.2, -0.15) is 0 Å². The minimum atomic E-state index is -0.178. The second-order valence-electron chi connectivity index (χ2n) is 3.64. The first kappa shape index (κ1) is 13.2. The van der Waals surface area contributed by atoms with E-state index in [2.05, 4.69) is 19.9 Å². The number of rotatable bonds is 7. The first-order valence-corrected chi connectivity index (χ1v) is 5.45. The Bertz CT molecular complexity index is 183. The molecule has 14 heavy (non-hydrogen) atoms. The van der Waals surface area contributed by atoms with Crippen LogP contribution in [-0.2, 0) is 9.53 Å². The maximum Gasteiger partial charge on any atom is 0.302 e. The largest absolute Gasteiger partial charge is 0.466 e. The first-order valence-electron chi connectivity index (χ1n) is 5.45. The Hall–Kier alpha value is -0.790. The third kappa shape index (κ3) is 9.30. The second kappa shape index (κ2) is 8.79. The molecule has 0 saturated carbocycles. The summed E-state index contributed by atoms with van der Waals surface area (Å²) in [4.78, 5) is 10.4. The van der Waals surface area contributed by atoms with E-state index in [9.17, 15) is 4.79 Å². The highest BCUT2D eigenvalue weighted by Crippen LogP contribution is 2.06. The van der Waals surface area contributed by atoms with E-state index in [0.29, 0.717) is 6.61 Å². The number of hydrogen-bond donors (Lipinski definition) is 0. The Morgan fingerprint density at radius 1 is 1.29 bits per heavy atom. The fraction of sp³-hybridized carbons (Fsp3) is 0.750. The van der Waals surface area contributed by atoms with Crippen molar-refractivity contribution in [3.63, 3.8) is 0 Å². The monoisotopic (exact) mass is 198 g/mol. The van der Waals surface area contributed by atoms with Gasteiger partial charge in [-0.1, -0.05) is 25.0 Å². The van der Waals surface area contributed by atoms with Gasteiger partial charge in [0.1, 0.15) is 0 Å². The molecule has 0 N–H and O–H groups in total. The van der Waals surface area contributed by atoms with Crippen molar-refractivity contribution < 1.29 is 9.53 Å². The van der Waals surface area contributed by atoms with Crippen LogP contribution in [0.1, 0.15) is 52.9 Å². The summed E-state index contributed by atoms with van der Waals surface area (Å²) in [5.41, 5.74) is 1.47. The summed E-state index contributed by atoms with van der Waals surface area (Å²) in [5, 5.41) is 0. The Balaban J connectivity index is 3.28. The van der Waals surface area contributed by atoms with Crippen LogP contribution in [0.5, 0.6) is 0 Å². The van der Waals surface area contributed by atoms with E-state index in [1.54, 1.807) is 0 Å². The lowest BCUT2D eigenvalue weighted by Gasteiger charge is -2.01. The summed E-state index contributed by atoms with van der Waals surface area (Å²) in [6, 6.07) is 0. The van der Waals surface area contributed by atoms with Crippen molar-refractivity contribution in [1.82, 2.24) is 0 Å². The molecule has 0 heterocycles. The van der Waals surface area contributed by atoms with E-state index in [0.717, 1.165) is 19.3 Å². The van der Waals surface area contributed by atoms with Gasteiger partial charge in [-0.05, 0) is 32.6 Å². The molecule has 0 spiro atoms. The quantitative estimate of drug-likeness (QED) is 0.356. The third-order valence-electron chi connectivity index (χ3n) is 2.04.